The van der Waals surface area contributed by atoms with Gasteiger partial charge in [0, 0.05) is 6.42 Å². The molecule has 4 heterocycles. The van der Waals surface area contributed by atoms with E-state index >= 15 is 0 Å². The highest BCUT2D eigenvalue weighted by Gasteiger charge is 2.48. The van der Waals surface area contributed by atoms with Gasteiger partial charge in [-0.1, -0.05) is 20.8 Å². The van der Waals surface area contributed by atoms with E-state index in [-0.39, 0.29) is 23.4 Å². The van der Waals surface area contributed by atoms with Gasteiger partial charge in [-0.15, -0.1) is 0 Å². The number of fused-ring (bicyclic) bond motifs is 1. The molecule has 4 rings (SSSR count). The molecular formula is C26H47N6O13P. The van der Waals surface area contributed by atoms with Crippen molar-refractivity contribution in [1.29, 1.82) is 0 Å². The number of hydrogen-bond donors (Lipinski definition) is 9. The van der Waals surface area contributed by atoms with Crippen LogP contribution in [0.25, 0.3) is 11.2 Å². The van der Waals surface area contributed by atoms with Gasteiger partial charge in [0.1, 0.15) is 60.7 Å². The maximum absolute atomic E-state index is 12.5. The predicted octanol–water partition coefficient (Wildman–Crippen LogP) is -2.51. The number of phosphoric acid groups is 1. The molecule has 0 saturated carbocycles. The molecule has 0 aliphatic carbocycles. The summed E-state index contributed by atoms with van der Waals surface area (Å²) in [4.78, 5) is 24.5. The summed E-state index contributed by atoms with van der Waals surface area (Å²) in [6.07, 6.45) is -13.7. The Bertz CT molecular complexity index is 1270. The highest BCUT2D eigenvalue weighted by atomic mass is 31.2. The number of ether oxygens (including phenoxy) is 2. The normalized spacial score (nSPS) is 32.6. The van der Waals surface area contributed by atoms with Crippen molar-refractivity contribution in [2.45, 2.75) is 101 Å². The molecule has 2 aromatic heterocycles. The molecular weight excluding hydrogens is 635 g/mol. The minimum absolute atomic E-state index is 0.0936. The Morgan fingerprint density at radius 3 is 2.20 bits per heavy atom. The molecule has 2 aromatic rings. The third-order valence-electron chi connectivity index (χ3n) is 7.93. The summed E-state index contributed by atoms with van der Waals surface area (Å²) in [5.74, 6) is 0.0936. The number of nitrogen functional groups attached to an aromatic ring is 1. The molecule has 19 nitrogen and oxygen atoms in total. The maximum atomic E-state index is 12.5. The fourth-order valence-corrected chi connectivity index (χ4v) is 6.15. The Morgan fingerprint density at radius 1 is 0.978 bits per heavy atom. The Balaban J connectivity index is 0.000000738. The number of imidazole rings is 1. The second kappa shape index (κ2) is 16.9. The fraction of sp³-hybridized carbons (Fsp3) is 0.808. The molecule has 0 spiro atoms. The third-order valence-corrected chi connectivity index (χ3v) is 9.04. The first-order valence-corrected chi connectivity index (χ1v) is 16.5. The number of aromatic nitrogens is 4. The number of hydrogen-bond acceptors (Lipinski definition) is 17. The van der Waals surface area contributed by atoms with Crippen LogP contribution >= 0.6 is 7.82 Å². The largest absolute Gasteiger partial charge is 0.472 e. The van der Waals surface area contributed by atoms with Gasteiger partial charge in [-0.2, -0.15) is 0 Å². The van der Waals surface area contributed by atoms with Crippen molar-refractivity contribution >= 4 is 24.8 Å². The second-order valence-electron chi connectivity index (χ2n) is 11.0. The van der Waals surface area contributed by atoms with Gasteiger partial charge in [0.05, 0.1) is 31.7 Å². The maximum Gasteiger partial charge on any atom is 0.472 e. The Hall–Kier alpha value is -1.94. The number of nitrogens with two attached hydrogens (primary N) is 1. The van der Waals surface area contributed by atoms with Crippen molar-refractivity contribution in [3.63, 3.8) is 0 Å². The predicted molar refractivity (Wildman–Crippen MR) is 160 cm³/mol. The van der Waals surface area contributed by atoms with Crippen LogP contribution < -0.4 is 5.73 Å². The molecule has 2 aliphatic heterocycles. The summed E-state index contributed by atoms with van der Waals surface area (Å²) in [6.45, 7) is 10.0. The SMILES string of the molecule is CCN(CC)CC.C[C@H](CC1O[C@H]([C@H](O)CO)[C@@H](O)[C@H](O)[C@@H]1O)OP(=O)(O)OC[C@H]1O[C@@H](n2cnc3c(N)ncnc32)[C@H](O)[C@@H]1O. The van der Waals surface area contributed by atoms with Gasteiger partial charge in [0.25, 0.3) is 0 Å². The summed E-state index contributed by atoms with van der Waals surface area (Å²) in [5.41, 5.74) is 6.23. The molecule has 0 radical (unpaired) electrons. The van der Waals surface area contributed by atoms with Gasteiger partial charge < -0.3 is 60.7 Å². The molecule has 2 aliphatic rings. The van der Waals surface area contributed by atoms with E-state index in [0.29, 0.717) is 0 Å². The van der Waals surface area contributed by atoms with Gasteiger partial charge in [-0.05, 0) is 26.6 Å². The smallest absolute Gasteiger partial charge is 0.394 e. The lowest BCUT2D eigenvalue weighted by Gasteiger charge is -2.42. The lowest BCUT2D eigenvalue weighted by atomic mass is 9.90. The average molecular weight is 683 g/mol. The minimum Gasteiger partial charge on any atom is -0.394 e. The molecule has 0 amide bonds. The third kappa shape index (κ3) is 9.14. The van der Waals surface area contributed by atoms with Crippen LogP contribution in [-0.2, 0) is 23.1 Å². The first-order chi connectivity index (χ1) is 21.7. The number of aliphatic hydroxyl groups excluding tert-OH is 7. The van der Waals surface area contributed by atoms with Crippen molar-refractivity contribution in [1.82, 2.24) is 24.4 Å². The van der Waals surface area contributed by atoms with E-state index in [0.717, 1.165) is 0 Å². The zero-order valence-corrected chi connectivity index (χ0v) is 27.0. The van der Waals surface area contributed by atoms with Crippen LogP contribution in [0.5, 0.6) is 0 Å². The Morgan fingerprint density at radius 2 is 1.61 bits per heavy atom. The molecule has 2 saturated heterocycles. The van der Waals surface area contributed by atoms with Crippen LogP contribution in [-0.4, -0.2) is 159 Å². The minimum atomic E-state index is -4.80. The molecule has 0 aromatic carbocycles. The van der Waals surface area contributed by atoms with Crippen molar-refractivity contribution in [2.24, 2.45) is 0 Å². The summed E-state index contributed by atoms with van der Waals surface area (Å²) < 4.78 is 34.9. The van der Waals surface area contributed by atoms with Crippen molar-refractivity contribution in [2.75, 3.05) is 38.6 Å². The number of aliphatic hydroxyl groups is 7. The summed E-state index contributed by atoms with van der Waals surface area (Å²) >= 11 is 0. The van der Waals surface area contributed by atoms with Gasteiger partial charge in [0.2, 0.25) is 0 Å². The molecule has 2 unspecified atom stereocenters. The zero-order chi connectivity index (χ0) is 34.3. The van der Waals surface area contributed by atoms with E-state index in [9.17, 15) is 40.1 Å². The number of anilines is 1. The van der Waals surface area contributed by atoms with Crippen LogP contribution in [0.2, 0.25) is 0 Å². The van der Waals surface area contributed by atoms with Gasteiger partial charge in [0.15, 0.2) is 17.7 Å². The van der Waals surface area contributed by atoms with E-state index in [1.165, 1.54) is 43.8 Å². The van der Waals surface area contributed by atoms with Crippen LogP contribution in [0.1, 0.15) is 40.3 Å². The molecule has 264 valence electrons. The molecule has 2 fully saturated rings. The van der Waals surface area contributed by atoms with Crippen molar-refractivity contribution in [3.8, 4) is 0 Å². The molecule has 12 atom stereocenters. The molecule has 0 bridgehead atoms. The van der Waals surface area contributed by atoms with Gasteiger partial charge >= 0.3 is 7.82 Å². The number of nitrogens with zero attached hydrogens (tertiary/aromatic N) is 5. The Kier molecular flexibility index (Phi) is 14.2. The van der Waals surface area contributed by atoms with Crippen LogP contribution in [0, 0.1) is 0 Å². The van der Waals surface area contributed by atoms with Gasteiger partial charge in [-0.3, -0.25) is 13.6 Å². The quantitative estimate of drug-likeness (QED) is 0.0986. The molecule has 20 heteroatoms. The van der Waals surface area contributed by atoms with Crippen molar-refractivity contribution < 1.29 is 63.7 Å². The Labute approximate surface area is 265 Å². The average Bonchev–Trinajstić information content (AvgIpc) is 3.58. The summed E-state index contributed by atoms with van der Waals surface area (Å²) in [7, 11) is -4.80. The molecule has 46 heavy (non-hydrogen) atoms. The summed E-state index contributed by atoms with van der Waals surface area (Å²) in [6, 6.07) is 0. The van der Waals surface area contributed by atoms with Crippen LogP contribution in [0.15, 0.2) is 12.7 Å². The number of rotatable bonds is 13. The van der Waals surface area contributed by atoms with E-state index in [1.54, 1.807) is 0 Å². The number of phosphoric ester groups is 1. The standard InChI is InChI=1S/C20H32N5O13P.C6H15N/c1-7(2-9-12(28)14(30)15(31)17(36-9)8(27)3-26)38-39(33,34)35-4-10-13(29)16(32)20(37-10)25-6-24-11-18(21)22-5-23-19(11)25;1-4-7(5-2)6-3/h5-10,12-17,20,26-32H,2-4H2,1H3,(H,33,34)(H2,21,22,23);4-6H2,1-3H3/t7-,8-,9?,10-,12-,13-,14-,15+,16-,17-,20-;/m1./s1. The van der Waals surface area contributed by atoms with Crippen LogP contribution in [0.4, 0.5) is 5.82 Å². The lowest BCUT2D eigenvalue weighted by Crippen LogP contribution is -2.61. The lowest BCUT2D eigenvalue weighted by molar-refractivity contribution is -0.249. The zero-order valence-electron chi connectivity index (χ0n) is 26.1. The molecule has 10 N–H and O–H groups in total. The highest BCUT2D eigenvalue weighted by molar-refractivity contribution is 7.47. The van der Waals surface area contributed by atoms with E-state index in [4.69, 9.17) is 29.4 Å². The topological polar surface area (TPSA) is 289 Å². The highest BCUT2D eigenvalue weighted by Crippen LogP contribution is 2.46. The van der Waals surface area contributed by atoms with Gasteiger partial charge in [-0.25, -0.2) is 19.5 Å². The summed E-state index contributed by atoms with van der Waals surface area (Å²) in [5, 5.41) is 70.2. The van der Waals surface area contributed by atoms with E-state index in [1.807, 2.05) is 0 Å². The fourth-order valence-electron chi connectivity index (χ4n) is 5.22. The van der Waals surface area contributed by atoms with E-state index < -0.39 is 88.3 Å². The second-order valence-corrected chi connectivity index (χ2v) is 12.4. The first-order valence-electron chi connectivity index (χ1n) is 15.0. The van der Waals surface area contributed by atoms with E-state index in [2.05, 4.69) is 40.6 Å². The monoisotopic (exact) mass is 682 g/mol. The van der Waals surface area contributed by atoms with Crippen molar-refractivity contribution in [3.05, 3.63) is 12.7 Å². The van der Waals surface area contributed by atoms with Crippen LogP contribution in [0.3, 0.4) is 0 Å². The first kappa shape index (κ1) is 38.5.